The lowest BCUT2D eigenvalue weighted by molar-refractivity contribution is 0.210. The molecule has 2 aliphatic rings. The molecule has 1 aliphatic carbocycles. The predicted molar refractivity (Wildman–Crippen MR) is 78.9 cm³/mol. The summed E-state index contributed by atoms with van der Waals surface area (Å²) < 4.78 is 0. The highest BCUT2D eigenvalue weighted by atomic mass is 15.1. The normalized spacial score (nSPS) is 32.3. The van der Waals surface area contributed by atoms with Gasteiger partial charge in [0.05, 0.1) is 0 Å². The van der Waals surface area contributed by atoms with Gasteiger partial charge in [0.15, 0.2) is 0 Å². The monoisotopic (exact) mass is 252 g/mol. The first-order valence-electron chi connectivity index (χ1n) is 8.16. The quantitative estimate of drug-likeness (QED) is 0.773. The lowest BCUT2D eigenvalue weighted by Crippen LogP contribution is -2.34. The zero-order valence-electron chi connectivity index (χ0n) is 12.5. The van der Waals surface area contributed by atoms with Gasteiger partial charge in [0.2, 0.25) is 0 Å². The van der Waals surface area contributed by atoms with Crippen LogP contribution in [-0.4, -0.2) is 37.6 Å². The fourth-order valence-corrected chi connectivity index (χ4v) is 3.53. The zero-order chi connectivity index (χ0) is 12.8. The second kappa shape index (κ2) is 7.49. The maximum absolute atomic E-state index is 3.83. The number of piperidine rings is 1. The van der Waals surface area contributed by atoms with Crippen molar-refractivity contribution >= 4 is 0 Å². The van der Waals surface area contributed by atoms with Gasteiger partial charge in [0.25, 0.3) is 0 Å². The van der Waals surface area contributed by atoms with E-state index in [9.17, 15) is 0 Å². The molecule has 18 heavy (non-hydrogen) atoms. The highest BCUT2D eigenvalue weighted by molar-refractivity contribution is 4.75. The fraction of sp³-hybridized carbons (Fsp3) is 1.00. The van der Waals surface area contributed by atoms with Gasteiger partial charge in [-0.3, -0.25) is 0 Å². The van der Waals surface area contributed by atoms with Crippen LogP contribution in [0.3, 0.4) is 0 Å². The van der Waals surface area contributed by atoms with E-state index in [1.807, 2.05) is 0 Å². The molecule has 2 rings (SSSR count). The highest BCUT2D eigenvalue weighted by Crippen LogP contribution is 2.23. The van der Waals surface area contributed by atoms with Crippen LogP contribution in [0.1, 0.15) is 58.3 Å². The second-order valence-electron chi connectivity index (χ2n) is 6.80. The van der Waals surface area contributed by atoms with Gasteiger partial charge in [0.1, 0.15) is 0 Å². The summed E-state index contributed by atoms with van der Waals surface area (Å²) in [6, 6.07) is 0.821. The average molecular weight is 252 g/mol. The first-order chi connectivity index (χ1) is 8.74. The molecule has 2 unspecified atom stereocenters. The van der Waals surface area contributed by atoms with Gasteiger partial charge in [-0.25, -0.2) is 0 Å². The third kappa shape index (κ3) is 4.89. The van der Waals surface area contributed by atoms with E-state index in [1.165, 1.54) is 71.0 Å². The number of hydrogen-bond donors (Lipinski definition) is 1. The third-order valence-corrected chi connectivity index (χ3v) is 5.08. The van der Waals surface area contributed by atoms with Gasteiger partial charge in [0, 0.05) is 6.04 Å². The summed E-state index contributed by atoms with van der Waals surface area (Å²) in [5, 5.41) is 3.83. The van der Waals surface area contributed by atoms with Gasteiger partial charge < -0.3 is 10.2 Å². The Hall–Kier alpha value is -0.0800. The minimum atomic E-state index is 0.821. The second-order valence-corrected chi connectivity index (χ2v) is 6.80. The van der Waals surface area contributed by atoms with Crippen LogP contribution in [0, 0.1) is 11.8 Å². The Kier molecular flexibility index (Phi) is 5.97. The maximum Gasteiger partial charge on any atom is 0.00671 e. The van der Waals surface area contributed by atoms with Crippen LogP contribution in [0.15, 0.2) is 0 Å². The van der Waals surface area contributed by atoms with E-state index in [0.717, 1.165) is 17.9 Å². The minimum Gasteiger partial charge on any atom is -0.314 e. The molecule has 1 saturated carbocycles. The number of likely N-dealkylation sites (tertiary alicyclic amines) is 1. The first-order valence-corrected chi connectivity index (χ1v) is 8.16. The molecule has 2 heteroatoms. The summed E-state index contributed by atoms with van der Waals surface area (Å²) in [6.07, 6.45) is 11.4. The molecule has 2 nitrogen and oxygen atoms in total. The van der Waals surface area contributed by atoms with E-state index >= 15 is 0 Å². The van der Waals surface area contributed by atoms with E-state index in [2.05, 4.69) is 24.2 Å². The summed E-state index contributed by atoms with van der Waals surface area (Å²) in [5.74, 6) is 1.95. The van der Waals surface area contributed by atoms with Gasteiger partial charge in [-0.05, 0) is 77.0 Å². The number of rotatable bonds is 4. The third-order valence-electron chi connectivity index (χ3n) is 5.08. The van der Waals surface area contributed by atoms with Crippen molar-refractivity contribution in [3.05, 3.63) is 0 Å². The van der Waals surface area contributed by atoms with Crippen molar-refractivity contribution in [3.8, 4) is 0 Å². The Labute approximate surface area is 114 Å². The lowest BCUT2D eigenvalue weighted by Gasteiger charge is -2.29. The highest BCUT2D eigenvalue weighted by Gasteiger charge is 2.18. The van der Waals surface area contributed by atoms with Crippen LogP contribution >= 0.6 is 0 Å². The molecule has 2 atom stereocenters. The Bertz CT molecular complexity index is 221. The minimum absolute atomic E-state index is 0.821. The Morgan fingerprint density at radius 2 is 1.78 bits per heavy atom. The Balaban J connectivity index is 1.57. The van der Waals surface area contributed by atoms with Crippen LogP contribution in [0.4, 0.5) is 0 Å². The summed E-state index contributed by atoms with van der Waals surface area (Å²) in [5.41, 5.74) is 0. The van der Waals surface area contributed by atoms with Crippen molar-refractivity contribution < 1.29 is 0 Å². The molecule has 0 spiro atoms. The summed E-state index contributed by atoms with van der Waals surface area (Å²) >= 11 is 0. The standard InChI is InChI=1S/C16H32N2/c1-14-4-3-5-16(7-6-14)17-11-8-15-9-12-18(2)13-10-15/h14-17H,3-13H2,1-2H3. The SMILES string of the molecule is CC1CCCC(NCCC2CCN(C)CC2)CC1. The number of hydrogen-bond acceptors (Lipinski definition) is 2. The van der Waals surface area contributed by atoms with E-state index in [-0.39, 0.29) is 0 Å². The number of nitrogens with one attached hydrogen (secondary N) is 1. The van der Waals surface area contributed by atoms with Gasteiger partial charge >= 0.3 is 0 Å². The zero-order valence-corrected chi connectivity index (χ0v) is 12.5. The molecular formula is C16H32N2. The van der Waals surface area contributed by atoms with Crippen LogP contribution < -0.4 is 5.32 Å². The fourth-order valence-electron chi connectivity index (χ4n) is 3.53. The lowest BCUT2D eigenvalue weighted by atomic mass is 9.93. The summed E-state index contributed by atoms with van der Waals surface area (Å²) in [6.45, 7) is 6.30. The van der Waals surface area contributed by atoms with Crippen molar-refractivity contribution in [1.29, 1.82) is 0 Å². The topological polar surface area (TPSA) is 15.3 Å². The van der Waals surface area contributed by atoms with Crippen LogP contribution in [-0.2, 0) is 0 Å². The Morgan fingerprint density at radius 3 is 2.56 bits per heavy atom. The largest absolute Gasteiger partial charge is 0.314 e. The van der Waals surface area contributed by atoms with Crippen molar-refractivity contribution in [3.63, 3.8) is 0 Å². The molecule has 1 aliphatic heterocycles. The van der Waals surface area contributed by atoms with E-state index in [0.29, 0.717) is 0 Å². The van der Waals surface area contributed by atoms with Gasteiger partial charge in [-0.1, -0.05) is 19.8 Å². The smallest absolute Gasteiger partial charge is 0.00671 e. The first kappa shape index (κ1) is 14.3. The van der Waals surface area contributed by atoms with Crippen molar-refractivity contribution in [1.82, 2.24) is 10.2 Å². The summed E-state index contributed by atoms with van der Waals surface area (Å²) in [4.78, 5) is 2.47. The molecule has 0 aromatic carbocycles. The van der Waals surface area contributed by atoms with Crippen LogP contribution in [0.2, 0.25) is 0 Å². The predicted octanol–water partition coefficient (Wildman–Crippen LogP) is 3.28. The van der Waals surface area contributed by atoms with E-state index in [4.69, 9.17) is 0 Å². The average Bonchev–Trinajstić information content (AvgIpc) is 2.57. The van der Waals surface area contributed by atoms with Crippen LogP contribution in [0.25, 0.3) is 0 Å². The van der Waals surface area contributed by atoms with Crippen molar-refractivity contribution in [2.45, 2.75) is 64.3 Å². The van der Waals surface area contributed by atoms with Crippen molar-refractivity contribution in [2.75, 3.05) is 26.7 Å². The molecular weight excluding hydrogens is 220 g/mol. The van der Waals surface area contributed by atoms with E-state index < -0.39 is 0 Å². The molecule has 106 valence electrons. The maximum atomic E-state index is 3.83. The van der Waals surface area contributed by atoms with Crippen LogP contribution in [0.5, 0.6) is 0 Å². The molecule has 0 radical (unpaired) electrons. The van der Waals surface area contributed by atoms with Crippen molar-refractivity contribution in [2.24, 2.45) is 11.8 Å². The molecule has 0 aromatic rings. The molecule has 0 aromatic heterocycles. The molecule has 0 bridgehead atoms. The van der Waals surface area contributed by atoms with Gasteiger partial charge in [-0.2, -0.15) is 0 Å². The molecule has 2 fully saturated rings. The van der Waals surface area contributed by atoms with Gasteiger partial charge in [-0.15, -0.1) is 0 Å². The summed E-state index contributed by atoms with van der Waals surface area (Å²) in [7, 11) is 2.25. The number of nitrogens with zero attached hydrogens (tertiary/aromatic N) is 1. The molecule has 1 saturated heterocycles. The molecule has 0 amide bonds. The molecule has 1 heterocycles. The Morgan fingerprint density at radius 1 is 1.00 bits per heavy atom. The molecule has 1 N–H and O–H groups in total. The van der Waals surface area contributed by atoms with E-state index in [1.54, 1.807) is 0 Å².